The van der Waals surface area contributed by atoms with Gasteiger partial charge in [0.05, 0.1) is 7.11 Å². The van der Waals surface area contributed by atoms with Gasteiger partial charge in [-0.05, 0) is 44.2 Å². The molecule has 1 aliphatic carbocycles. The molecule has 2 N–H and O–H groups in total. The summed E-state index contributed by atoms with van der Waals surface area (Å²) >= 11 is 0. The highest BCUT2D eigenvalue weighted by Crippen LogP contribution is 2.30. The summed E-state index contributed by atoms with van der Waals surface area (Å²) in [6.07, 6.45) is 9.66. The average Bonchev–Trinajstić information content (AvgIpc) is 2.61. The molecule has 3 nitrogen and oxygen atoms in total. The molecule has 2 atom stereocenters. The highest BCUT2D eigenvalue weighted by molar-refractivity contribution is 5.33. The lowest BCUT2D eigenvalue weighted by Crippen LogP contribution is -2.55. The number of piperidine rings is 1. The van der Waals surface area contributed by atoms with Crippen molar-refractivity contribution in [2.45, 2.75) is 63.6 Å². The molecule has 0 bridgehead atoms. The van der Waals surface area contributed by atoms with Crippen LogP contribution >= 0.6 is 0 Å². The zero-order chi connectivity index (χ0) is 15.2. The lowest BCUT2D eigenvalue weighted by molar-refractivity contribution is 0.189. The van der Waals surface area contributed by atoms with Gasteiger partial charge in [-0.15, -0.1) is 0 Å². The van der Waals surface area contributed by atoms with Crippen molar-refractivity contribution in [3.63, 3.8) is 0 Å². The van der Waals surface area contributed by atoms with E-state index in [1.807, 2.05) is 6.07 Å². The molecule has 0 unspecified atom stereocenters. The number of methoxy groups -OCH3 is 1. The summed E-state index contributed by atoms with van der Waals surface area (Å²) < 4.78 is 5.47. The van der Waals surface area contributed by atoms with Gasteiger partial charge in [-0.2, -0.15) is 0 Å². The molecule has 122 valence electrons. The molecule has 1 heterocycles. The number of nitrogens with one attached hydrogen (secondary N) is 2. The minimum absolute atomic E-state index is 0.599. The maximum absolute atomic E-state index is 5.47. The van der Waals surface area contributed by atoms with E-state index in [0.29, 0.717) is 12.1 Å². The van der Waals surface area contributed by atoms with E-state index in [-0.39, 0.29) is 0 Å². The van der Waals surface area contributed by atoms with Crippen molar-refractivity contribution in [2.24, 2.45) is 5.92 Å². The minimum Gasteiger partial charge on any atom is -0.496 e. The lowest BCUT2D eigenvalue weighted by atomic mass is 9.78. The van der Waals surface area contributed by atoms with Crippen molar-refractivity contribution in [2.75, 3.05) is 13.7 Å². The molecular formula is C19H30N2O. The van der Waals surface area contributed by atoms with Gasteiger partial charge in [0.2, 0.25) is 0 Å². The molecule has 0 spiro atoms. The van der Waals surface area contributed by atoms with E-state index in [0.717, 1.165) is 18.2 Å². The monoisotopic (exact) mass is 302 g/mol. The van der Waals surface area contributed by atoms with Crippen molar-refractivity contribution in [1.29, 1.82) is 0 Å². The quantitative estimate of drug-likeness (QED) is 0.873. The molecule has 3 heteroatoms. The predicted molar refractivity (Wildman–Crippen MR) is 91.2 cm³/mol. The molecule has 1 saturated carbocycles. The Balaban J connectivity index is 1.61. The SMILES string of the molecule is COc1ccccc1CN[C@@H]1CCCN[C@@H]1C1CCCCC1. The first-order valence-electron chi connectivity index (χ1n) is 8.97. The maximum Gasteiger partial charge on any atom is 0.123 e. The summed E-state index contributed by atoms with van der Waals surface area (Å²) in [5, 5.41) is 7.63. The summed E-state index contributed by atoms with van der Waals surface area (Å²) in [5.74, 6) is 1.86. The fraction of sp³-hybridized carbons (Fsp3) is 0.684. The fourth-order valence-corrected chi connectivity index (χ4v) is 4.22. The van der Waals surface area contributed by atoms with Gasteiger partial charge >= 0.3 is 0 Å². The fourth-order valence-electron chi connectivity index (χ4n) is 4.22. The van der Waals surface area contributed by atoms with E-state index in [1.165, 1.54) is 57.1 Å². The number of para-hydroxylation sites is 1. The number of benzene rings is 1. The summed E-state index contributed by atoms with van der Waals surface area (Å²) in [6, 6.07) is 9.60. The van der Waals surface area contributed by atoms with Gasteiger partial charge in [-0.1, -0.05) is 37.5 Å². The molecular weight excluding hydrogens is 272 g/mol. The van der Waals surface area contributed by atoms with E-state index < -0.39 is 0 Å². The van der Waals surface area contributed by atoms with Gasteiger partial charge in [-0.3, -0.25) is 0 Å². The zero-order valence-corrected chi connectivity index (χ0v) is 13.8. The first-order chi connectivity index (χ1) is 10.9. The highest BCUT2D eigenvalue weighted by Gasteiger charge is 2.32. The summed E-state index contributed by atoms with van der Waals surface area (Å²) in [5.41, 5.74) is 1.26. The Morgan fingerprint density at radius 2 is 1.91 bits per heavy atom. The molecule has 1 saturated heterocycles. The lowest BCUT2D eigenvalue weighted by Gasteiger charge is -2.40. The van der Waals surface area contributed by atoms with E-state index in [2.05, 4.69) is 28.8 Å². The first kappa shape index (κ1) is 15.8. The van der Waals surface area contributed by atoms with Crippen LogP contribution in [0.2, 0.25) is 0 Å². The van der Waals surface area contributed by atoms with Gasteiger partial charge in [0.25, 0.3) is 0 Å². The van der Waals surface area contributed by atoms with Gasteiger partial charge in [-0.25, -0.2) is 0 Å². The van der Waals surface area contributed by atoms with Crippen molar-refractivity contribution in [3.05, 3.63) is 29.8 Å². The van der Waals surface area contributed by atoms with Crippen molar-refractivity contribution in [3.8, 4) is 5.75 Å². The number of ether oxygens (including phenoxy) is 1. The standard InChI is InChI=1S/C19H30N2O/c1-22-18-12-6-5-10-16(18)14-21-17-11-7-13-20-19(17)15-8-3-2-4-9-15/h5-6,10,12,15,17,19-21H,2-4,7-9,11,13-14H2,1H3/t17-,19-/m1/s1. The van der Waals surface area contributed by atoms with E-state index in [1.54, 1.807) is 7.11 Å². The molecule has 22 heavy (non-hydrogen) atoms. The smallest absolute Gasteiger partial charge is 0.123 e. The summed E-state index contributed by atoms with van der Waals surface area (Å²) in [4.78, 5) is 0. The topological polar surface area (TPSA) is 33.3 Å². The Kier molecular flexibility index (Phi) is 5.74. The van der Waals surface area contributed by atoms with Crippen LogP contribution in [0.3, 0.4) is 0 Å². The third-order valence-corrected chi connectivity index (χ3v) is 5.41. The second-order valence-corrected chi connectivity index (χ2v) is 6.82. The van der Waals surface area contributed by atoms with Gasteiger partial charge < -0.3 is 15.4 Å². The minimum atomic E-state index is 0.599. The molecule has 1 aromatic rings. The number of rotatable bonds is 5. The van der Waals surface area contributed by atoms with Crippen molar-refractivity contribution in [1.82, 2.24) is 10.6 Å². The predicted octanol–water partition coefficient (Wildman–Crippen LogP) is 3.49. The molecule has 0 aromatic heterocycles. The Morgan fingerprint density at radius 3 is 2.73 bits per heavy atom. The van der Waals surface area contributed by atoms with Gasteiger partial charge in [0.15, 0.2) is 0 Å². The Hall–Kier alpha value is -1.06. The van der Waals surface area contributed by atoms with Crippen LogP contribution < -0.4 is 15.4 Å². The largest absolute Gasteiger partial charge is 0.496 e. The second-order valence-electron chi connectivity index (χ2n) is 6.82. The van der Waals surface area contributed by atoms with E-state index in [9.17, 15) is 0 Å². The normalized spacial score (nSPS) is 26.8. The molecule has 3 rings (SSSR count). The van der Waals surface area contributed by atoms with Gasteiger partial charge in [0, 0.05) is 24.2 Å². The second kappa shape index (κ2) is 7.98. The van der Waals surface area contributed by atoms with E-state index >= 15 is 0 Å². The first-order valence-corrected chi connectivity index (χ1v) is 8.97. The van der Waals surface area contributed by atoms with Crippen LogP contribution in [-0.2, 0) is 6.54 Å². The van der Waals surface area contributed by atoms with Crippen LogP contribution in [0.15, 0.2) is 24.3 Å². The summed E-state index contributed by atoms with van der Waals surface area (Å²) in [7, 11) is 1.76. The van der Waals surface area contributed by atoms with Crippen LogP contribution in [0, 0.1) is 5.92 Å². The zero-order valence-electron chi connectivity index (χ0n) is 13.8. The van der Waals surface area contributed by atoms with Crippen molar-refractivity contribution >= 4 is 0 Å². The molecule has 2 fully saturated rings. The van der Waals surface area contributed by atoms with Crippen LogP contribution in [-0.4, -0.2) is 25.7 Å². The van der Waals surface area contributed by atoms with Crippen molar-refractivity contribution < 1.29 is 4.74 Å². The van der Waals surface area contributed by atoms with Crippen LogP contribution in [0.4, 0.5) is 0 Å². The average molecular weight is 302 g/mol. The number of hydrogen-bond acceptors (Lipinski definition) is 3. The molecule has 0 radical (unpaired) electrons. The molecule has 1 aromatic carbocycles. The summed E-state index contributed by atoms with van der Waals surface area (Å²) in [6.45, 7) is 2.09. The van der Waals surface area contributed by atoms with Crippen LogP contribution in [0.1, 0.15) is 50.5 Å². The highest BCUT2D eigenvalue weighted by atomic mass is 16.5. The Morgan fingerprint density at radius 1 is 1.09 bits per heavy atom. The number of hydrogen-bond donors (Lipinski definition) is 2. The Labute approximate surface area is 134 Å². The molecule has 2 aliphatic rings. The van der Waals surface area contributed by atoms with Gasteiger partial charge in [0.1, 0.15) is 5.75 Å². The molecule has 1 aliphatic heterocycles. The third kappa shape index (κ3) is 3.82. The third-order valence-electron chi connectivity index (χ3n) is 5.41. The Bertz CT molecular complexity index is 457. The maximum atomic E-state index is 5.47. The van der Waals surface area contributed by atoms with E-state index in [4.69, 9.17) is 4.74 Å². The van der Waals surface area contributed by atoms with Crippen LogP contribution in [0.25, 0.3) is 0 Å². The van der Waals surface area contributed by atoms with Crippen LogP contribution in [0.5, 0.6) is 5.75 Å². The molecule has 0 amide bonds.